The lowest BCUT2D eigenvalue weighted by Crippen LogP contribution is -2.65. The first kappa shape index (κ1) is 15.3. The Hall–Kier alpha value is -0.0800. The van der Waals surface area contributed by atoms with Crippen LogP contribution in [0, 0.1) is 0 Å². The maximum atomic E-state index is 3.86. The van der Waals surface area contributed by atoms with Crippen LogP contribution < -0.4 is 5.32 Å². The zero-order valence-corrected chi connectivity index (χ0v) is 13.2. The van der Waals surface area contributed by atoms with Crippen molar-refractivity contribution in [2.75, 3.05) is 19.6 Å². The highest BCUT2D eigenvalue weighted by atomic mass is 15.3. The first-order valence-corrected chi connectivity index (χ1v) is 8.79. The van der Waals surface area contributed by atoms with Gasteiger partial charge in [-0.1, -0.05) is 52.4 Å². The van der Waals surface area contributed by atoms with Gasteiger partial charge < -0.3 is 5.32 Å². The van der Waals surface area contributed by atoms with Crippen molar-refractivity contribution >= 4 is 0 Å². The van der Waals surface area contributed by atoms with Crippen molar-refractivity contribution in [3.63, 3.8) is 0 Å². The van der Waals surface area contributed by atoms with Gasteiger partial charge >= 0.3 is 0 Å². The summed E-state index contributed by atoms with van der Waals surface area (Å²) in [7, 11) is 0. The predicted molar refractivity (Wildman–Crippen MR) is 83.6 cm³/mol. The molecule has 19 heavy (non-hydrogen) atoms. The number of piperazine rings is 1. The van der Waals surface area contributed by atoms with Crippen LogP contribution in [-0.2, 0) is 0 Å². The summed E-state index contributed by atoms with van der Waals surface area (Å²) >= 11 is 0. The lowest BCUT2D eigenvalue weighted by atomic mass is 9.78. The van der Waals surface area contributed by atoms with E-state index in [-0.39, 0.29) is 0 Å². The van der Waals surface area contributed by atoms with Gasteiger partial charge in [-0.15, -0.1) is 0 Å². The second kappa shape index (κ2) is 7.64. The van der Waals surface area contributed by atoms with Crippen molar-refractivity contribution in [2.24, 2.45) is 0 Å². The maximum absolute atomic E-state index is 3.86. The molecule has 1 atom stereocenters. The molecule has 1 saturated heterocycles. The van der Waals surface area contributed by atoms with E-state index in [1.54, 1.807) is 0 Å². The van der Waals surface area contributed by atoms with Crippen LogP contribution >= 0.6 is 0 Å². The topological polar surface area (TPSA) is 15.3 Å². The van der Waals surface area contributed by atoms with Crippen LogP contribution in [-0.4, -0.2) is 36.1 Å². The molecule has 1 N–H and O–H groups in total. The molecule has 1 saturated carbocycles. The van der Waals surface area contributed by atoms with Crippen molar-refractivity contribution in [3.8, 4) is 0 Å². The van der Waals surface area contributed by atoms with Crippen LogP contribution in [0.5, 0.6) is 0 Å². The highest BCUT2D eigenvalue weighted by Gasteiger charge is 2.41. The van der Waals surface area contributed by atoms with E-state index in [2.05, 4.69) is 24.1 Å². The molecule has 0 aromatic rings. The summed E-state index contributed by atoms with van der Waals surface area (Å²) in [5, 5.41) is 3.86. The molecule has 1 unspecified atom stereocenters. The lowest BCUT2D eigenvalue weighted by Gasteiger charge is -2.52. The molecule has 2 aliphatic rings. The largest absolute Gasteiger partial charge is 0.311 e. The minimum absolute atomic E-state index is 0.524. The molecule has 1 aliphatic heterocycles. The summed E-state index contributed by atoms with van der Waals surface area (Å²) in [4.78, 5) is 2.89. The Kier molecular flexibility index (Phi) is 6.15. The Morgan fingerprint density at radius 1 is 1.05 bits per heavy atom. The Bertz CT molecular complexity index is 246. The van der Waals surface area contributed by atoms with Crippen LogP contribution in [0.1, 0.15) is 78.1 Å². The van der Waals surface area contributed by atoms with Gasteiger partial charge in [0.05, 0.1) is 0 Å². The van der Waals surface area contributed by atoms with Crippen LogP contribution in [0.15, 0.2) is 0 Å². The van der Waals surface area contributed by atoms with Crippen molar-refractivity contribution in [1.82, 2.24) is 10.2 Å². The summed E-state index contributed by atoms with van der Waals surface area (Å²) in [6.45, 7) is 8.53. The van der Waals surface area contributed by atoms with E-state index < -0.39 is 0 Å². The van der Waals surface area contributed by atoms with E-state index in [1.165, 1.54) is 83.8 Å². The second-order valence-electron chi connectivity index (χ2n) is 6.80. The molecule has 2 heteroatoms. The average Bonchev–Trinajstić information content (AvgIpc) is 2.44. The molecule has 1 aliphatic carbocycles. The van der Waals surface area contributed by atoms with Gasteiger partial charge in [0.15, 0.2) is 0 Å². The Morgan fingerprint density at radius 2 is 1.84 bits per heavy atom. The highest BCUT2D eigenvalue weighted by molar-refractivity contribution is 5.00. The molecule has 2 fully saturated rings. The standard InChI is InChI=1S/C17H34N2/c1-3-5-9-13-19-14-16(10-4-2)18-15-17(19)11-7-6-8-12-17/h16,18H,3-15H2,1-2H3. The van der Waals surface area contributed by atoms with Crippen LogP contribution in [0.4, 0.5) is 0 Å². The number of nitrogens with one attached hydrogen (secondary N) is 1. The predicted octanol–water partition coefficient (Wildman–Crippen LogP) is 3.95. The van der Waals surface area contributed by atoms with Crippen LogP contribution in [0.3, 0.4) is 0 Å². The first-order valence-electron chi connectivity index (χ1n) is 8.79. The van der Waals surface area contributed by atoms with E-state index >= 15 is 0 Å². The minimum Gasteiger partial charge on any atom is -0.311 e. The molecule has 2 rings (SSSR count). The maximum Gasteiger partial charge on any atom is 0.0334 e. The second-order valence-corrected chi connectivity index (χ2v) is 6.80. The summed E-state index contributed by atoms with van der Waals surface area (Å²) in [5.74, 6) is 0. The van der Waals surface area contributed by atoms with Gasteiger partial charge in [-0.05, 0) is 32.2 Å². The van der Waals surface area contributed by atoms with Gasteiger partial charge in [-0.3, -0.25) is 4.90 Å². The van der Waals surface area contributed by atoms with Gasteiger partial charge in [0.1, 0.15) is 0 Å². The third-order valence-electron chi connectivity index (χ3n) is 5.28. The van der Waals surface area contributed by atoms with Crippen LogP contribution in [0.25, 0.3) is 0 Å². The van der Waals surface area contributed by atoms with E-state index in [0.29, 0.717) is 5.54 Å². The summed E-state index contributed by atoms with van der Waals surface area (Å²) < 4.78 is 0. The van der Waals surface area contributed by atoms with Gasteiger partial charge in [0, 0.05) is 24.7 Å². The van der Waals surface area contributed by atoms with Crippen molar-refractivity contribution in [3.05, 3.63) is 0 Å². The minimum atomic E-state index is 0.524. The quantitative estimate of drug-likeness (QED) is 0.732. The monoisotopic (exact) mass is 266 g/mol. The summed E-state index contributed by atoms with van der Waals surface area (Å²) in [5.41, 5.74) is 0.524. The van der Waals surface area contributed by atoms with Crippen LogP contribution in [0.2, 0.25) is 0 Å². The number of unbranched alkanes of at least 4 members (excludes halogenated alkanes) is 2. The molecule has 0 aromatic heterocycles. The Balaban J connectivity index is 1.95. The third kappa shape index (κ3) is 3.95. The Morgan fingerprint density at radius 3 is 2.53 bits per heavy atom. The zero-order chi connectivity index (χ0) is 13.6. The number of hydrogen-bond acceptors (Lipinski definition) is 2. The highest BCUT2D eigenvalue weighted by Crippen LogP contribution is 2.36. The fourth-order valence-corrected chi connectivity index (χ4v) is 4.10. The molecule has 0 radical (unpaired) electrons. The number of rotatable bonds is 6. The molecular weight excluding hydrogens is 232 g/mol. The number of nitrogens with zero attached hydrogens (tertiary/aromatic N) is 1. The SMILES string of the molecule is CCCCCN1CC(CCC)NCC12CCCCC2. The first-order chi connectivity index (χ1) is 9.30. The van der Waals surface area contributed by atoms with E-state index in [9.17, 15) is 0 Å². The number of hydrogen-bond donors (Lipinski definition) is 1. The summed E-state index contributed by atoms with van der Waals surface area (Å²) in [6, 6.07) is 0.749. The Labute approximate surface area is 120 Å². The fraction of sp³-hybridized carbons (Fsp3) is 1.00. The summed E-state index contributed by atoms with van der Waals surface area (Å²) in [6.07, 6.45) is 14.0. The van der Waals surface area contributed by atoms with Crippen molar-refractivity contribution in [2.45, 2.75) is 89.6 Å². The fourth-order valence-electron chi connectivity index (χ4n) is 4.10. The molecule has 1 heterocycles. The smallest absolute Gasteiger partial charge is 0.0334 e. The lowest BCUT2D eigenvalue weighted by molar-refractivity contribution is 0.00731. The molecule has 2 nitrogen and oxygen atoms in total. The van der Waals surface area contributed by atoms with Gasteiger partial charge in [0.2, 0.25) is 0 Å². The molecule has 112 valence electrons. The average molecular weight is 266 g/mol. The van der Waals surface area contributed by atoms with Crippen molar-refractivity contribution in [1.29, 1.82) is 0 Å². The third-order valence-corrected chi connectivity index (χ3v) is 5.28. The zero-order valence-electron chi connectivity index (χ0n) is 13.2. The molecule has 0 aromatic carbocycles. The van der Waals surface area contributed by atoms with Gasteiger partial charge in [-0.25, -0.2) is 0 Å². The normalized spacial score (nSPS) is 27.8. The molecule has 0 bridgehead atoms. The molecular formula is C17H34N2. The van der Waals surface area contributed by atoms with Gasteiger partial charge in [-0.2, -0.15) is 0 Å². The van der Waals surface area contributed by atoms with E-state index in [4.69, 9.17) is 0 Å². The molecule has 0 amide bonds. The molecule has 1 spiro atoms. The van der Waals surface area contributed by atoms with Gasteiger partial charge in [0.25, 0.3) is 0 Å². The van der Waals surface area contributed by atoms with E-state index in [1.807, 2.05) is 0 Å². The van der Waals surface area contributed by atoms with Crippen molar-refractivity contribution < 1.29 is 0 Å². The van der Waals surface area contributed by atoms with E-state index in [0.717, 1.165) is 6.04 Å².